The second-order valence-electron chi connectivity index (χ2n) is 7.41. The summed E-state index contributed by atoms with van der Waals surface area (Å²) in [6.07, 6.45) is 3.19. The van der Waals surface area contributed by atoms with E-state index in [1.807, 2.05) is 48.5 Å². The summed E-state index contributed by atoms with van der Waals surface area (Å²) in [5.74, 6) is 0.929. The first-order chi connectivity index (χ1) is 12.7. The number of para-hydroxylation sites is 1. The van der Waals surface area contributed by atoms with Gasteiger partial charge in [-0.3, -0.25) is 4.90 Å². The van der Waals surface area contributed by atoms with E-state index in [4.69, 9.17) is 9.47 Å². The molecule has 27 heavy (non-hydrogen) atoms. The van der Waals surface area contributed by atoms with Crippen LogP contribution in [0.25, 0.3) is 0 Å². The van der Waals surface area contributed by atoms with Gasteiger partial charge in [-0.2, -0.15) is 0 Å². The molecule has 0 saturated carbocycles. The van der Waals surface area contributed by atoms with E-state index in [-0.39, 0.29) is 18.5 Å². The highest BCUT2D eigenvalue weighted by Gasteiger charge is 2.37. The van der Waals surface area contributed by atoms with Gasteiger partial charge < -0.3 is 14.6 Å². The van der Waals surface area contributed by atoms with Crippen LogP contribution in [0.1, 0.15) is 30.4 Å². The zero-order chi connectivity index (χ0) is 17.8. The minimum atomic E-state index is -0.755. The molecule has 1 N–H and O–H groups in total. The molecule has 4 rings (SSSR count). The molecule has 2 saturated heterocycles. The van der Waals surface area contributed by atoms with Gasteiger partial charge in [0.2, 0.25) is 0 Å². The maximum Gasteiger partial charge on any atom is 0.123 e. The number of β-amino-alcohol motifs (C(OH)–C–C–N with tert-alkyl or cyclic N) is 1. The Morgan fingerprint density at radius 1 is 1.11 bits per heavy atom. The Hall–Kier alpha value is -1.59. The zero-order valence-corrected chi connectivity index (χ0v) is 16.4. The molecule has 2 fully saturated rings. The molecule has 0 radical (unpaired) electrons. The van der Waals surface area contributed by atoms with Crippen LogP contribution in [-0.4, -0.2) is 42.4 Å². The second kappa shape index (κ2) is 9.07. The summed E-state index contributed by atoms with van der Waals surface area (Å²) in [5.41, 5.74) is 1.42. The Balaban J connectivity index is 0.00000210. The quantitative estimate of drug-likeness (QED) is 0.816. The highest BCUT2D eigenvalue weighted by molar-refractivity contribution is 5.85. The summed E-state index contributed by atoms with van der Waals surface area (Å²) >= 11 is 0. The fraction of sp³-hybridized carbons (Fsp3) is 0.455. The van der Waals surface area contributed by atoms with Crippen LogP contribution in [0.2, 0.25) is 0 Å². The zero-order valence-electron chi connectivity index (χ0n) is 15.5. The van der Waals surface area contributed by atoms with Gasteiger partial charge in [0.05, 0.1) is 6.10 Å². The number of ether oxygens (including phenoxy) is 2. The minimum absolute atomic E-state index is 0. The van der Waals surface area contributed by atoms with Crippen molar-refractivity contribution in [3.8, 4) is 5.75 Å². The number of likely N-dealkylation sites (tertiary alicyclic amines) is 1. The summed E-state index contributed by atoms with van der Waals surface area (Å²) in [5, 5.41) is 11.0. The molecule has 2 unspecified atom stereocenters. The highest BCUT2D eigenvalue weighted by atomic mass is 35.5. The fourth-order valence-corrected chi connectivity index (χ4v) is 3.96. The molecule has 0 amide bonds. The van der Waals surface area contributed by atoms with Crippen molar-refractivity contribution >= 4 is 12.4 Å². The number of rotatable bonds is 6. The number of halogens is 1. The summed E-state index contributed by atoms with van der Waals surface area (Å²) < 4.78 is 11.7. The number of aliphatic hydroxyl groups is 1. The molecule has 2 heterocycles. The van der Waals surface area contributed by atoms with E-state index in [2.05, 4.69) is 11.0 Å². The van der Waals surface area contributed by atoms with E-state index in [0.29, 0.717) is 13.2 Å². The monoisotopic (exact) mass is 389 g/mol. The van der Waals surface area contributed by atoms with E-state index in [0.717, 1.165) is 50.3 Å². The second-order valence-corrected chi connectivity index (χ2v) is 7.41. The van der Waals surface area contributed by atoms with Crippen LogP contribution in [0, 0.1) is 0 Å². The molecule has 2 aliphatic rings. The van der Waals surface area contributed by atoms with Crippen molar-refractivity contribution in [2.24, 2.45) is 0 Å². The van der Waals surface area contributed by atoms with E-state index in [9.17, 15) is 5.11 Å². The van der Waals surface area contributed by atoms with E-state index in [1.165, 1.54) is 5.56 Å². The topological polar surface area (TPSA) is 41.9 Å². The standard InChI is InChI=1S/C22H27NO3.ClH/c24-22(19-8-2-1-3-9-19)12-13-23(17-22)15-18-7-4-5-11-21(18)26-16-20-10-6-14-25-20;/h1-5,7-9,11,20,24H,6,10,12-17H2;1H. The van der Waals surface area contributed by atoms with Crippen molar-refractivity contribution in [1.29, 1.82) is 0 Å². The lowest BCUT2D eigenvalue weighted by Gasteiger charge is -2.24. The third kappa shape index (κ3) is 4.82. The van der Waals surface area contributed by atoms with Crippen molar-refractivity contribution < 1.29 is 14.6 Å². The summed E-state index contributed by atoms with van der Waals surface area (Å²) in [6, 6.07) is 18.2. The van der Waals surface area contributed by atoms with Gasteiger partial charge >= 0.3 is 0 Å². The van der Waals surface area contributed by atoms with Crippen LogP contribution < -0.4 is 4.74 Å². The van der Waals surface area contributed by atoms with Gasteiger partial charge in [-0.1, -0.05) is 48.5 Å². The average molecular weight is 390 g/mol. The number of hydrogen-bond acceptors (Lipinski definition) is 4. The third-order valence-corrected chi connectivity index (χ3v) is 5.45. The van der Waals surface area contributed by atoms with Gasteiger partial charge in [0.1, 0.15) is 18.0 Å². The van der Waals surface area contributed by atoms with E-state index < -0.39 is 5.60 Å². The Labute approximate surface area is 167 Å². The maximum absolute atomic E-state index is 11.0. The first-order valence-corrected chi connectivity index (χ1v) is 9.55. The van der Waals surface area contributed by atoms with Gasteiger partial charge in [0.15, 0.2) is 0 Å². The van der Waals surface area contributed by atoms with Crippen LogP contribution in [0.3, 0.4) is 0 Å². The molecule has 0 spiro atoms. The van der Waals surface area contributed by atoms with Crippen LogP contribution >= 0.6 is 12.4 Å². The fourth-order valence-electron chi connectivity index (χ4n) is 3.96. The van der Waals surface area contributed by atoms with Gasteiger partial charge in [-0.25, -0.2) is 0 Å². The molecule has 2 aliphatic heterocycles. The molecule has 0 aliphatic carbocycles. The summed E-state index contributed by atoms with van der Waals surface area (Å²) in [4.78, 5) is 2.31. The van der Waals surface area contributed by atoms with Gasteiger partial charge in [0, 0.05) is 31.8 Å². The first-order valence-electron chi connectivity index (χ1n) is 9.55. The SMILES string of the molecule is Cl.OC1(c2ccccc2)CCN(Cc2ccccc2OCC2CCCO2)C1. The lowest BCUT2D eigenvalue weighted by Crippen LogP contribution is -2.30. The Kier molecular flexibility index (Phi) is 6.77. The molecule has 2 aromatic rings. The van der Waals surface area contributed by atoms with Crippen molar-refractivity contribution in [1.82, 2.24) is 4.90 Å². The van der Waals surface area contributed by atoms with Crippen LogP contribution in [-0.2, 0) is 16.9 Å². The van der Waals surface area contributed by atoms with Crippen molar-refractivity contribution in [2.75, 3.05) is 26.3 Å². The first kappa shape index (κ1) is 20.2. The van der Waals surface area contributed by atoms with Gasteiger partial charge in [0.25, 0.3) is 0 Å². The molecule has 0 bridgehead atoms. The van der Waals surface area contributed by atoms with Crippen molar-refractivity contribution in [3.63, 3.8) is 0 Å². The molecular weight excluding hydrogens is 362 g/mol. The lowest BCUT2D eigenvalue weighted by molar-refractivity contribution is 0.0450. The van der Waals surface area contributed by atoms with Gasteiger partial charge in [-0.15, -0.1) is 12.4 Å². The average Bonchev–Trinajstić information content (AvgIpc) is 3.32. The summed E-state index contributed by atoms with van der Waals surface area (Å²) in [6.45, 7) is 3.78. The number of nitrogens with zero attached hydrogens (tertiary/aromatic N) is 1. The smallest absolute Gasteiger partial charge is 0.123 e. The molecule has 2 atom stereocenters. The maximum atomic E-state index is 11.0. The molecule has 5 heteroatoms. The largest absolute Gasteiger partial charge is 0.491 e. The minimum Gasteiger partial charge on any atom is -0.491 e. The third-order valence-electron chi connectivity index (χ3n) is 5.45. The normalized spacial score (nSPS) is 25.3. The van der Waals surface area contributed by atoms with Crippen molar-refractivity contribution in [2.45, 2.75) is 37.5 Å². The Bertz CT molecular complexity index is 721. The summed E-state index contributed by atoms with van der Waals surface area (Å²) in [7, 11) is 0. The van der Waals surface area contributed by atoms with Gasteiger partial charge in [-0.05, 0) is 30.9 Å². The Morgan fingerprint density at radius 3 is 2.67 bits per heavy atom. The molecule has 2 aromatic carbocycles. The molecule has 146 valence electrons. The highest BCUT2D eigenvalue weighted by Crippen LogP contribution is 2.33. The predicted octanol–water partition coefficient (Wildman–Crippen LogP) is 3.76. The predicted molar refractivity (Wildman–Crippen MR) is 108 cm³/mol. The van der Waals surface area contributed by atoms with Crippen LogP contribution in [0.15, 0.2) is 54.6 Å². The number of benzene rings is 2. The molecule has 4 nitrogen and oxygen atoms in total. The Morgan fingerprint density at radius 2 is 1.89 bits per heavy atom. The van der Waals surface area contributed by atoms with Crippen LogP contribution in [0.5, 0.6) is 5.75 Å². The van der Waals surface area contributed by atoms with E-state index in [1.54, 1.807) is 0 Å². The molecule has 0 aromatic heterocycles. The van der Waals surface area contributed by atoms with E-state index >= 15 is 0 Å². The van der Waals surface area contributed by atoms with Crippen molar-refractivity contribution in [3.05, 3.63) is 65.7 Å². The lowest BCUT2D eigenvalue weighted by atomic mass is 9.93. The number of hydrogen-bond donors (Lipinski definition) is 1. The van der Waals surface area contributed by atoms with Crippen LogP contribution in [0.4, 0.5) is 0 Å². The molecular formula is C22H28ClNO3.